The monoisotopic (exact) mass is 262 g/mol. The van der Waals surface area contributed by atoms with Crippen LogP contribution in [0.4, 0.5) is 5.69 Å². The summed E-state index contributed by atoms with van der Waals surface area (Å²) in [6, 6.07) is 6.00. The number of rotatable bonds is 6. The molecular weight excluding hydrogens is 236 g/mol. The van der Waals surface area contributed by atoms with Crippen molar-refractivity contribution in [3.05, 3.63) is 29.3 Å². The molecule has 2 N–H and O–H groups in total. The summed E-state index contributed by atoms with van der Waals surface area (Å²) < 4.78 is 0. The number of anilines is 1. The zero-order valence-electron chi connectivity index (χ0n) is 12.7. The standard InChI is InChI=1S/C16H26N2O/c1-6-9-17-15-8-7-14(10-12(15)4)16(19)18-13(5)11(2)3/h7-8,10-11,13,17H,6,9H2,1-5H3,(H,18,19). The maximum atomic E-state index is 12.1. The molecule has 0 aliphatic rings. The molecule has 1 aromatic rings. The van der Waals surface area contributed by atoms with Gasteiger partial charge in [0.2, 0.25) is 0 Å². The molecule has 0 heterocycles. The molecule has 0 fully saturated rings. The van der Waals surface area contributed by atoms with Crippen LogP contribution in [0.25, 0.3) is 0 Å². The van der Waals surface area contributed by atoms with Crippen LogP contribution >= 0.6 is 0 Å². The van der Waals surface area contributed by atoms with Crippen LogP contribution in [0.2, 0.25) is 0 Å². The zero-order valence-corrected chi connectivity index (χ0v) is 12.7. The molecule has 0 aliphatic carbocycles. The summed E-state index contributed by atoms with van der Waals surface area (Å²) in [7, 11) is 0. The average Bonchev–Trinajstić information content (AvgIpc) is 2.36. The van der Waals surface area contributed by atoms with Crippen LogP contribution in [0.15, 0.2) is 18.2 Å². The summed E-state index contributed by atoms with van der Waals surface area (Å²) in [6.07, 6.45) is 1.09. The molecular formula is C16H26N2O. The van der Waals surface area contributed by atoms with Gasteiger partial charge in [0, 0.05) is 23.8 Å². The third kappa shape index (κ3) is 4.58. The Balaban J connectivity index is 2.74. The third-order valence-electron chi connectivity index (χ3n) is 3.41. The van der Waals surface area contributed by atoms with Gasteiger partial charge in [0.1, 0.15) is 0 Å². The van der Waals surface area contributed by atoms with E-state index in [0.717, 1.165) is 29.8 Å². The number of carbonyl (C=O) groups excluding carboxylic acids is 1. The van der Waals surface area contributed by atoms with Crippen LogP contribution in [0.5, 0.6) is 0 Å². The number of amides is 1. The Labute approximate surface area is 116 Å². The van der Waals surface area contributed by atoms with Crippen molar-refractivity contribution < 1.29 is 4.79 Å². The van der Waals surface area contributed by atoms with Crippen molar-refractivity contribution >= 4 is 11.6 Å². The summed E-state index contributed by atoms with van der Waals surface area (Å²) in [5.74, 6) is 0.446. The van der Waals surface area contributed by atoms with Crippen molar-refractivity contribution in [2.24, 2.45) is 5.92 Å². The Morgan fingerprint density at radius 3 is 2.47 bits per heavy atom. The predicted octanol–water partition coefficient (Wildman–Crippen LogP) is 3.59. The Morgan fingerprint density at radius 2 is 1.95 bits per heavy atom. The maximum absolute atomic E-state index is 12.1. The van der Waals surface area contributed by atoms with Crippen LogP contribution in [0.3, 0.4) is 0 Å². The quantitative estimate of drug-likeness (QED) is 0.822. The number of benzene rings is 1. The van der Waals surface area contributed by atoms with Crippen molar-refractivity contribution in [1.29, 1.82) is 0 Å². The van der Waals surface area contributed by atoms with Crippen molar-refractivity contribution in [1.82, 2.24) is 5.32 Å². The number of nitrogens with one attached hydrogen (secondary N) is 2. The second kappa shape index (κ2) is 7.17. The van der Waals surface area contributed by atoms with Gasteiger partial charge in [0.15, 0.2) is 0 Å². The van der Waals surface area contributed by atoms with Crippen LogP contribution in [-0.4, -0.2) is 18.5 Å². The second-order valence-corrected chi connectivity index (χ2v) is 5.46. The van der Waals surface area contributed by atoms with Crippen molar-refractivity contribution in [2.45, 2.75) is 47.1 Å². The first-order valence-electron chi connectivity index (χ1n) is 7.11. The van der Waals surface area contributed by atoms with E-state index >= 15 is 0 Å². The van der Waals surface area contributed by atoms with Gasteiger partial charge in [0.05, 0.1) is 0 Å². The number of aryl methyl sites for hydroxylation is 1. The molecule has 0 bridgehead atoms. The zero-order chi connectivity index (χ0) is 14.4. The SMILES string of the molecule is CCCNc1ccc(C(=O)NC(C)C(C)C)cc1C. The van der Waals surface area contributed by atoms with Crippen LogP contribution < -0.4 is 10.6 Å². The van der Waals surface area contributed by atoms with Crippen molar-refractivity contribution in [2.75, 3.05) is 11.9 Å². The van der Waals surface area contributed by atoms with Crippen LogP contribution in [0.1, 0.15) is 50.0 Å². The molecule has 0 radical (unpaired) electrons. The normalized spacial score (nSPS) is 12.3. The second-order valence-electron chi connectivity index (χ2n) is 5.46. The Bertz CT molecular complexity index is 427. The summed E-state index contributed by atoms with van der Waals surface area (Å²) in [6.45, 7) is 11.4. The largest absolute Gasteiger partial charge is 0.385 e. The van der Waals surface area contributed by atoms with E-state index in [0.29, 0.717) is 5.92 Å². The number of hydrogen-bond acceptors (Lipinski definition) is 2. The Hall–Kier alpha value is -1.51. The Morgan fingerprint density at radius 1 is 1.26 bits per heavy atom. The highest BCUT2D eigenvalue weighted by Gasteiger charge is 2.13. The highest BCUT2D eigenvalue weighted by molar-refractivity contribution is 5.95. The van der Waals surface area contributed by atoms with Crippen molar-refractivity contribution in [3.63, 3.8) is 0 Å². The molecule has 0 saturated heterocycles. The summed E-state index contributed by atoms with van der Waals surface area (Å²) >= 11 is 0. The molecule has 3 nitrogen and oxygen atoms in total. The smallest absolute Gasteiger partial charge is 0.251 e. The molecule has 1 amide bonds. The van der Waals surface area contributed by atoms with Gasteiger partial charge in [-0.15, -0.1) is 0 Å². The lowest BCUT2D eigenvalue weighted by Crippen LogP contribution is -2.36. The fraction of sp³-hybridized carbons (Fsp3) is 0.562. The summed E-state index contributed by atoms with van der Waals surface area (Å²) in [4.78, 5) is 12.1. The Kier molecular flexibility index (Phi) is 5.87. The molecule has 3 heteroatoms. The summed E-state index contributed by atoms with van der Waals surface area (Å²) in [5, 5.41) is 6.38. The fourth-order valence-corrected chi connectivity index (χ4v) is 1.72. The molecule has 0 aliphatic heterocycles. The molecule has 106 valence electrons. The molecule has 1 aromatic carbocycles. The van der Waals surface area contributed by atoms with Crippen LogP contribution in [-0.2, 0) is 0 Å². The third-order valence-corrected chi connectivity index (χ3v) is 3.41. The topological polar surface area (TPSA) is 41.1 Å². The lowest BCUT2D eigenvalue weighted by Gasteiger charge is -2.18. The lowest BCUT2D eigenvalue weighted by molar-refractivity contribution is 0.0930. The van der Waals surface area contributed by atoms with Gasteiger partial charge in [0.25, 0.3) is 5.91 Å². The minimum Gasteiger partial charge on any atom is -0.385 e. The van der Waals surface area contributed by atoms with Gasteiger partial charge in [-0.25, -0.2) is 0 Å². The molecule has 1 unspecified atom stereocenters. The van der Waals surface area contributed by atoms with E-state index in [1.54, 1.807) is 0 Å². The average molecular weight is 262 g/mol. The molecule has 0 aromatic heterocycles. The number of carbonyl (C=O) groups is 1. The highest BCUT2D eigenvalue weighted by Crippen LogP contribution is 2.17. The maximum Gasteiger partial charge on any atom is 0.251 e. The van der Waals surface area contributed by atoms with Gasteiger partial charge in [-0.2, -0.15) is 0 Å². The minimum atomic E-state index is 0.00587. The first-order chi connectivity index (χ1) is 8.95. The van der Waals surface area contributed by atoms with E-state index in [1.165, 1.54) is 0 Å². The van der Waals surface area contributed by atoms with Gasteiger partial charge < -0.3 is 10.6 Å². The van der Waals surface area contributed by atoms with Gasteiger partial charge in [-0.1, -0.05) is 20.8 Å². The molecule has 1 rings (SSSR count). The fourth-order valence-electron chi connectivity index (χ4n) is 1.72. The first-order valence-corrected chi connectivity index (χ1v) is 7.11. The number of hydrogen-bond donors (Lipinski definition) is 2. The lowest BCUT2D eigenvalue weighted by atomic mass is 10.0. The van der Waals surface area contributed by atoms with E-state index in [-0.39, 0.29) is 11.9 Å². The van der Waals surface area contributed by atoms with Crippen LogP contribution in [0, 0.1) is 12.8 Å². The predicted molar refractivity (Wildman–Crippen MR) is 81.7 cm³/mol. The van der Waals surface area contributed by atoms with Gasteiger partial charge >= 0.3 is 0 Å². The van der Waals surface area contributed by atoms with E-state index < -0.39 is 0 Å². The van der Waals surface area contributed by atoms with E-state index in [4.69, 9.17) is 0 Å². The van der Waals surface area contributed by atoms with E-state index in [9.17, 15) is 4.79 Å². The van der Waals surface area contributed by atoms with E-state index in [1.807, 2.05) is 32.0 Å². The summed E-state index contributed by atoms with van der Waals surface area (Å²) in [5.41, 5.74) is 2.95. The van der Waals surface area contributed by atoms with E-state index in [2.05, 4.69) is 31.4 Å². The highest BCUT2D eigenvalue weighted by atomic mass is 16.1. The molecule has 1 atom stereocenters. The first kappa shape index (κ1) is 15.5. The van der Waals surface area contributed by atoms with Crippen molar-refractivity contribution in [3.8, 4) is 0 Å². The minimum absolute atomic E-state index is 0.00587. The van der Waals surface area contributed by atoms with Gasteiger partial charge in [-0.05, 0) is 49.9 Å². The molecule has 0 spiro atoms. The molecule has 0 saturated carbocycles. The van der Waals surface area contributed by atoms with Gasteiger partial charge in [-0.3, -0.25) is 4.79 Å². The molecule has 19 heavy (non-hydrogen) atoms.